The molecule has 0 aliphatic carbocycles. The van der Waals surface area contributed by atoms with Crippen LogP contribution < -0.4 is 9.62 Å². The van der Waals surface area contributed by atoms with Gasteiger partial charge in [0.1, 0.15) is 5.82 Å². The zero-order valence-corrected chi connectivity index (χ0v) is 16.0. The van der Waals surface area contributed by atoms with Crippen LogP contribution in [0.3, 0.4) is 0 Å². The lowest BCUT2D eigenvalue weighted by Gasteiger charge is -2.21. The highest BCUT2D eigenvalue weighted by Crippen LogP contribution is 2.34. The Balaban J connectivity index is 1.88. The molecule has 1 amide bonds. The Morgan fingerprint density at radius 3 is 2.64 bits per heavy atom. The summed E-state index contributed by atoms with van der Waals surface area (Å²) in [7, 11) is -3.38. The molecule has 0 saturated carbocycles. The highest BCUT2D eigenvalue weighted by Gasteiger charge is 2.32. The van der Waals surface area contributed by atoms with Gasteiger partial charge in [0.05, 0.1) is 17.6 Å². The number of carbonyl (C=O) groups excluding carboxylic acids is 1. The number of carbonyl (C=O) groups is 1. The summed E-state index contributed by atoms with van der Waals surface area (Å²) in [5, 5.41) is 2.53. The summed E-state index contributed by atoms with van der Waals surface area (Å²) < 4.78 is 39.7. The van der Waals surface area contributed by atoms with Crippen molar-refractivity contribution in [1.82, 2.24) is 0 Å². The molecule has 1 heterocycles. The fraction of sp³-hybridized carbons (Fsp3) is 0.235. The highest BCUT2D eigenvalue weighted by molar-refractivity contribution is 9.10. The van der Waals surface area contributed by atoms with Gasteiger partial charge in [-0.1, -0.05) is 15.9 Å². The van der Waals surface area contributed by atoms with Gasteiger partial charge in [-0.3, -0.25) is 9.10 Å². The number of fused-ring (bicyclic) bond motifs is 1. The molecule has 1 aliphatic rings. The molecule has 8 heteroatoms. The molecule has 1 aliphatic heterocycles. The Kier molecular flexibility index (Phi) is 4.59. The molecule has 0 bridgehead atoms. The van der Waals surface area contributed by atoms with Crippen molar-refractivity contribution in [3.05, 3.63) is 57.8 Å². The molecule has 5 nitrogen and oxygen atoms in total. The Bertz CT molecular complexity index is 962. The van der Waals surface area contributed by atoms with Crippen LogP contribution in [-0.2, 0) is 16.4 Å². The normalized spacial score (nSPS) is 16.6. The van der Waals surface area contributed by atoms with Crippen LogP contribution in [0, 0.1) is 5.82 Å². The van der Waals surface area contributed by atoms with Gasteiger partial charge in [-0.25, -0.2) is 12.8 Å². The Morgan fingerprint density at radius 2 is 2.00 bits per heavy atom. The number of hydrogen-bond acceptors (Lipinski definition) is 3. The van der Waals surface area contributed by atoms with E-state index in [1.54, 1.807) is 24.3 Å². The third-order valence-electron chi connectivity index (χ3n) is 4.03. The molecule has 0 unspecified atom stereocenters. The average molecular weight is 427 g/mol. The van der Waals surface area contributed by atoms with Gasteiger partial charge in [0.2, 0.25) is 10.0 Å². The van der Waals surface area contributed by atoms with E-state index in [-0.39, 0.29) is 11.7 Å². The molecule has 2 aromatic rings. The van der Waals surface area contributed by atoms with E-state index in [1.165, 1.54) is 16.4 Å². The van der Waals surface area contributed by atoms with Gasteiger partial charge < -0.3 is 5.32 Å². The van der Waals surface area contributed by atoms with Gasteiger partial charge in [-0.05, 0) is 55.3 Å². The van der Waals surface area contributed by atoms with Crippen LogP contribution in [0.5, 0.6) is 0 Å². The predicted molar refractivity (Wildman–Crippen MR) is 99.0 cm³/mol. The van der Waals surface area contributed by atoms with Gasteiger partial charge >= 0.3 is 0 Å². The van der Waals surface area contributed by atoms with Gasteiger partial charge in [-0.2, -0.15) is 0 Å². The molecule has 0 radical (unpaired) electrons. The number of hydrogen-bond donors (Lipinski definition) is 1. The Hall–Kier alpha value is -1.93. The van der Waals surface area contributed by atoms with E-state index in [1.807, 2.05) is 6.92 Å². The number of anilines is 2. The van der Waals surface area contributed by atoms with E-state index in [2.05, 4.69) is 21.2 Å². The number of sulfonamides is 1. The first-order chi connectivity index (χ1) is 11.7. The van der Waals surface area contributed by atoms with Crippen molar-refractivity contribution in [3.8, 4) is 0 Å². The second-order valence-electron chi connectivity index (χ2n) is 6.03. The maximum Gasteiger partial charge on any atom is 0.255 e. The Labute approximate surface area is 154 Å². The molecule has 2 aromatic carbocycles. The summed E-state index contributed by atoms with van der Waals surface area (Å²) in [6.07, 6.45) is 1.69. The highest BCUT2D eigenvalue weighted by atomic mass is 79.9. The van der Waals surface area contributed by atoms with Crippen molar-refractivity contribution in [2.45, 2.75) is 19.4 Å². The SMILES string of the molecule is C[C@@H]1Cc2cc(C(=O)Nc3ccc(Br)cc3F)ccc2N1S(C)(=O)=O. The van der Waals surface area contributed by atoms with Crippen LogP contribution in [0.4, 0.5) is 15.8 Å². The molecular weight excluding hydrogens is 411 g/mol. The first-order valence-corrected chi connectivity index (χ1v) is 10.2. The van der Waals surface area contributed by atoms with Crippen LogP contribution in [0.25, 0.3) is 0 Å². The summed E-state index contributed by atoms with van der Waals surface area (Å²) in [4.78, 5) is 12.4. The number of halogens is 2. The molecule has 1 atom stereocenters. The first kappa shape index (κ1) is 17.9. The molecule has 132 valence electrons. The topological polar surface area (TPSA) is 66.5 Å². The van der Waals surface area contributed by atoms with Crippen LogP contribution in [0.15, 0.2) is 40.9 Å². The van der Waals surface area contributed by atoms with Crippen molar-refractivity contribution >= 4 is 43.2 Å². The number of nitrogens with zero attached hydrogens (tertiary/aromatic N) is 1. The maximum absolute atomic E-state index is 13.9. The lowest BCUT2D eigenvalue weighted by Crippen LogP contribution is -2.34. The van der Waals surface area contributed by atoms with Gasteiger partial charge in [0, 0.05) is 16.1 Å². The van der Waals surface area contributed by atoms with Crippen molar-refractivity contribution < 1.29 is 17.6 Å². The van der Waals surface area contributed by atoms with E-state index < -0.39 is 21.7 Å². The number of benzene rings is 2. The minimum atomic E-state index is -3.38. The molecule has 0 fully saturated rings. The minimum absolute atomic E-state index is 0.0832. The molecule has 0 spiro atoms. The summed E-state index contributed by atoms with van der Waals surface area (Å²) in [6, 6.07) is 8.99. The van der Waals surface area contributed by atoms with Gasteiger partial charge in [0.25, 0.3) is 5.91 Å². The van der Waals surface area contributed by atoms with Gasteiger partial charge in [-0.15, -0.1) is 0 Å². The zero-order valence-electron chi connectivity index (χ0n) is 13.6. The van der Waals surface area contributed by atoms with Crippen molar-refractivity contribution in [2.24, 2.45) is 0 Å². The second-order valence-corrected chi connectivity index (χ2v) is 8.81. The fourth-order valence-corrected chi connectivity index (χ4v) is 4.63. The van der Waals surface area contributed by atoms with E-state index in [4.69, 9.17) is 0 Å². The zero-order chi connectivity index (χ0) is 18.4. The fourth-order valence-electron chi connectivity index (χ4n) is 3.03. The first-order valence-electron chi connectivity index (χ1n) is 7.55. The summed E-state index contributed by atoms with van der Waals surface area (Å²) in [5.41, 5.74) is 1.80. The van der Waals surface area contributed by atoms with Crippen LogP contribution in [0.2, 0.25) is 0 Å². The quantitative estimate of drug-likeness (QED) is 0.815. The summed E-state index contributed by atoms with van der Waals surface area (Å²) in [5.74, 6) is -0.991. The lowest BCUT2D eigenvalue weighted by molar-refractivity contribution is 0.102. The molecule has 3 rings (SSSR count). The molecule has 25 heavy (non-hydrogen) atoms. The molecular formula is C17H16BrFN2O3S. The standard InChI is InChI=1S/C17H16BrFN2O3S/c1-10-7-12-8-11(3-6-16(12)21(10)25(2,23)24)17(22)20-15-5-4-13(18)9-14(15)19/h3-6,8-10H,7H2,1-2H3,(H,20,22)/t10-/m1/s1. The summed E-state index contributed by atoms with van der Waals surface area (Å²) >= 11 is 3.16. The van der Waals surface area contributed by atoms with Gasteiger partial charge in [0.15, 0.2) is 0 Å². The average Bonchev–Trinajstić information content (AvgIpc) is 2.84. The third kappa shape index (κ3) is 3.55. The van der Waals surface area contributed by atoms with Crippen LogP contribution in [0.1, 0.15) is 22.8 Å². The van der Waals surface area contributed by atoms with Crippen LogP contribution in [-0.4, -0.2) is 26.6 Å². The molecule has 0 saturated heterocycles. The monoisotopic (exact) mass is 426 g/mol. The molecule has 1 N–H and O–H groups in total. The Morgan fingerprint density at radius 1 is 1.28 bits per heavy atom. The number of nitrogens with one attached hydrogen (secondary N) is 1. The lowest BCUT2D eigenvalue weighted by atomic mass is 10.1. The van der Waals surface area contributed by atoms with E-state index in [0.717, 1.165) is 11.8 Å². The number of amides is 1. The van der Waals surface area contributed by atoms with Crippen molar-refractivity contribution in [1.29, 1.82) is 0 Å². The summed E-state index contributed by atoms with van der Waals surface area (Å²) in [6.45, 7) is 1.82. The largest absolute Gasteiger partial charge is 0.319 e. The van der Waals surface area contributed by atoms with E-state index in [0.29, 0.717) is 22.1 Å². The smallest absolute Gasteiger partial charge is 0.255 e. The second kappa shape index (κ2) is 6.42. The number of rotatable bonds is 3. The van der Waals surface area contributed by atoms with E-state index in [9.17, 15) is 17.6 Å². The van der Waals surface area contributed by atoms with E-state index >= 15 is 0 Å². The van der Waals surface area contributed by atoms with Crippen molar-refractivity contribution in [2.75, 3.05) is 15.9 Å². The van der Waals surface area contributed by atoms with Crippen molar-refractivity contribution in [3.63, 3.8) is 0 Å². The van der Waals surface area contributed by atoms with Crippen LogP contribution >= 0.6 is 15.9 Å². The minimum Gasteiger partial charge on any atom is -0.319 e. The molecule has 0 aromatic heterocycles. The predicted octanol–water partition coefficient (Wildman–Crippen LogP) is 3.55. The maximum atomic E-state index is 13.9. The third-order valence-corrected chi connectivity index (χ3v) is 5.80.